The zero-order chi connectivity index (χ0) is 23.5. The molecule has 0 radical (unpaired) electrons. The van der Waals surface area contributed by atoms with Crippen LogP contribution in [0.5, 0.6) is 5.75 Å². The third-order valence-corrected chi connectivity index (χ3v) is 5.85. The van der Waals surface area contributed by atoms with Crippen molar-refractivity contribution in [3.05, 3.63) is 94.7 Å². The minimum atomic E-state index is -0.368. The van der Waals surface area contributed by atoms with E-state index in [1.807, 2.05) is 94.4 Å². The predicted octanol–water partition coefficient (Wildman–Crippen LogP) is 5.80. The van der Waals surface area contributed by atoms with Gasteiger partial charge in [0.25, 0.3) is 11.8 Å². The van der Waals surface area contributed by atoms with Crippen molar-refractivity contribution in [2.75, 3.05) is 16.8 Å². The quantitative estimate of drug-likeness (QED) is 0.472. The van der Waals surface area contributed by atoms with Crippen molar-refractivity contribution < 1.29 is 14.3 Å². The number of para-hydroxylation sites is 1. The SMILES string of the molecule is CCCOc1ccc(C2=C(Nc3ccccc3C)C(=O)N(c3ccc(C)c(C)c3)C2=O)cc1. The fourth-order valence-electron chi connectivity index (χ4n) is 3.80. The van der Waals surface area contributed by atoms with E-state index in [4.69, 9.17) is 4.74 Å². The normalized spacial score (nSPS) is 13.6. The second-order valence-electron chi connectivity index (χ2n) is 8.28. The van der Waals surface area contributed by atoms with E-state index in [9.17, 15) is 9.59 Å². The first-order valence-electron chi connectivity index (χ1n) is 11.2. The van der Waals surface area contributed by atoms with Crippen LogP contribution in [-0.4, -0.2) is 18.4 Å². The van der Waals surface area contributed by atoms with Gasteiger partial charge in [-0.05, 0) is 79.8 Å². The van der Waals surface area contributed by atoms with Crippen LogP contribution in [0.25, 0.3) is 5.57 Å². The van der Waals surface area contributed by atoms with Crippen molar-refractivity contribution in [2.24, 2.45) is 0 Å². The Bertz CT molecular complexity index is 1240. The molecule has 0 unspecified atom stereocenters. The monoisotopic (exact) mass is 440 g/mol. The summed E-state index contributed by atoms with van der Waals surface area (Å²) in [5.41, 5.74) is 5.75. The lowest BCUT2D eigenvalue weighted by atomic mass is 10.0. The number of imide groups is 1. The summed E-state index contributed by atoms with van der Waals surface area (Å²) in [6, 6.07) is 20.6. The molecule has 5 heteroatoms. The Morgan fingerprint density at radius 2 is 1.55 bits per heavy atom. The highest BCUT2D eigenvalue weighted by molar-refractivity contribution is 6.46. The van der Waals surface area contributed by atoms with E-state index in [-0.39, 0.29) is 17.5 Å². The summed E-state index contributed by atoms with van der Waals surface area (Å²) in [4.78, 5) is 28.5. The summed E-state index contributed by atoms with van der Waals surface area (Å²) >= 11 is 0. The molecule has 3 aromatic rings. The summed E-state index contributed by atoms with van der Waals surface area (Å²) in [5, 5.41) is 3.25. The molecule has 33 heavy (non-hydrogen) atoms. The van der Waals surface area contributed by atoms with Gasteiger partial charge in [-0.25, -0.2) is 4.90 Å². The highest BCUT2D eigenvalue weighted by Crippen LogP contribution is 2.35. The maximum atomic E-state index is 13.6. The second kappa shape index (κ2) is 9.33. The topological polar surface area (TPSA) is 58.6 Å². The van der Waals surface area contributed by atoms with Gasteiger partial charge in [-0.15, -0.1) is 0 Å². The Kier molecular flexibility index (Phi) is 6.31. The second-order valence-corrected chi connectivity index (χ2v) is 8.28. The first-order chi connectivity index (χ1) is 15.9. The fourth-order valence-corrected chi connectivity index (χ4v) is 3.80. The van der Waals surface area contributed by atoms with E-state index in [0.717, 1.165) is 34.5 Å². The molecule has 0 saturated carbocycles. The summed E-state index contributed by atoms with van der Waals surface area (Å²) < 4.78 is 5.68. The van der Waals surface area contributed by atoms with Crippen LogP contribution < -0.4 is 15.0 Å². The Morgan fingerprint density at radius 1 is 0.818 bits per heavy atom. The van der Waals surface area contributed by atoms with Crippen molar-refractivity contribution in [1.29, 1.82) is 0 Å². The Morgan fingerprint density at radius 3 is 2.21 bits per heavy atom. The maximum Gasteiger partial charge on any atom is 0.282 e. The number of nitrogens with one attached hydrogen (secondary N) is 1. The van der Waals surface area contributed by atoms with Gasteiger partial charge in [0.15, 0.2) is 0 Å². The Labute approximate surface area is 194 Å². The van der Waals surface area contributed by atoms with Crippen LogP contribution in [0.4, 0.5) is 11.4 Å². The average molecular weight is 441 g/mol. The number of nitrogens with zero attached hydrogens (tertiary/aromatic N) is 1. The molecule has 0 saturated heterocycles. The third-order valence-electron chi connectivity index (χ3n) is 5.85. The highest BCUT2D eigenvalue weighted by atomic mass is 16.5. The standard InChI is InChI=1S/C28H28N2O3/c1-5-16-33-23-14-11-21(12-15-23)25-26(29-24-9-7-6-8-19(24)3)28(32)30(27(25)31)22-13-10-18(2)20(4)17-22/h6-15,17,29H,5,16H2,1-4H3. The molecular weight excluding hydrogens is 412 g/mol. The number of hydrogen-bond donors (Lipinski definition) is 1. The number of hydrogen-bond acceptors (Lipinski definition) is 4. The first kappa shape index (κ1) is 22.3. The largest absolute Gasteiger partial charge is 0.494 e. The third kappa shape index (κ3) is 4.40. The van der Waals surface area contributed by atoms with E-state index in [0.29, 0.717) is 23.4 Å². The van der Waals surface area contributed by atoms with Crippen LogP contribution in [0.15, 0.2) is 72.4 Å². The van der Waals surface area contributed by atoms with Gasteiger partial charge in [0, 0.05) is 5.69 Å². The van der Waals surface area contributed by atoms with Gasteiger partial charge >= 0.3 is 0 Å². The molecule has 0 aromatic heterocycles. The lowest BCUT2D eigenvalue weighted by Crippen LogP contribution is -2.32. The molecule has 0 aliphatic carbocycles. The number of anilines is 2. The molecule has 0 fully saturated rings. The van der Waals surface area contributed by atoms with Gasteiger partial charge in [0.05, 0.1) is 17.9 Å². The molecule has 2 amide bonds. The van der Waals surface area contributed by atoms with Gasteiger partial charge in [-0.2, -0.15) is 0 Å². The van der Waals surface area contributed by atoms with Crippen LogP contribution in [0.2, 0.25) is 0 Å². The minimum absolute atomic E-state index is 0.273. The van der Waals surface area contributed by atoms with E-state index in [1.165, 1.54) is 4.90 Å². The fraction of sp³-hybridized carbons (Fsp3) is 0.214. The van der Waals surface area contributed by atoms with Gasteiger partial charge < -0.3 is 10.1 Å². The first-order valence-corrected chi connectivity index (χ1v) is 11.2. The number of carbonyl (C=O) groups excluding carboxylic acids is 2. The summed E-state index contributed by atoms with van der Waals surface area (Å²) in [7, 11) is 0. The van der Waals surface area contributed by atoms with Crippen LogP contribution in [0.3, 0.4) is 0 Å². The summed E-state index contributed by atoms with van der Waals surface area (Å²) in [6.45, 7) is 8.61. The number of benzene rings is 3. The molecule has 5 nitrogen and oxygen atoms in total. The number of aryl methyl sites for hydroxylation is 3. The lowest BCUT2D eigenvalue weighted by Gasteiger charge is -2.17. The van der Waals surface area contributed by atoms with E-state index >= 15 is 0 Å². The molecule has 0 bridgehead atoms. The molecule has 1 N–H and O–H groups in total. The molecule has 1 heterocycles. The maximum absolute atomic E-state index is 13.6. The van der Waals surface area contributed by atoms with Gasteiger partial charge in [0.2, 0.25) is 0 Å². The van der Waals surface area contributed by atoms with Crippen LogP contribution >= 0.6 is 0 Å². The molecule has 0 spiro atoms. The van der Waals surface area contributed by atoms with Crippen LogP contribution in [-0.2, 0) is 9.59 Å². The van der Waals surface area contributed by atoms with Crippen LogP contribution in [0, 0.1) is 20.8 Å². The van der Waals surface area contributed by atoms with Crippen LogP contribution in [0.1, 0.15) is 35.6 Å². The molecule has 0 atom stereocenters. The zero-order valence-electron chi connectivity index (χ0n) is 19.4. The number of carbonyl (C=O) groups is 2. The van der Waals surface area contributed by atoms with Gasteiger partial charge in [-0.3, -0.25) is 9.59 Å². The molecular formula is C28H28N2O3. The molecule has 168 valence electrons. The minimum Gasteiger partial charge on any atom is -0.494 e. The molecule has 3 aromatic carbocycles. The Hall–Kier alpha value is -3.86. The van der Waals surface area contributed by atoms with Crippen molar-refractivity contribution >= 4 is 28.8 Å². The average Bonchev–Trinajstić information content (AvgIpc) is 3.05. The Balaban J connectivity index is 1.78. The van der Waals surface area contributed by atoms with Crippen molar-refractivity contribution in [3.8, 4) is 5.75 Å². The van der Waals surface area contributed by atoms with Crippen molar-refractivity contribution in [1.82, 2.24) is 0 Å². The molecule has 1 aliphatic rings. The smallest absolute Gasteiger partial charge is 0.282 e. The predicted molar refractivity (Wildman–Crippen MR) is 132 cm³/mol. The number of rotatable bonds is 7. The summed E-state index contributed by atoms with van der Waals surface area (Å²) in [5.74, 6) is 0.0202. The summed E-state index contributed by atoms with van der Waals surface area (Å²) in [6.07, 6.45) is 0.912. The zero-order valence-corrected chi connectivity index (χ0v) is 19.4. The highest BCUT2D eigenvalue weighted by Gasteiger charge is 2.40. The van der Waals surface area contributed by atoms with Crippen molar-refractivity contribution in [2.45, 2.75) is 34.1 Å². The van der Waals surface area contributed by atoms with Crippen molar-refractivity contribution in [3.63, 3.8) is 0 Å². The van der Waals surface area contributed by atoms with Gasteiger partial charge in [-0.1, -0.05) is 43.3 Å². The number of ether oxygens (including phenoxy) is 1. The molecule has 1 aliphatic heterocycles. The van der Waals surface area contributed by atoms with E-state index < -0.39 is 0 Å². The number of amides is 2. The van der Waals surface area contributed by atoms with E-state index in [1.54, 1.807) is 0 Å². The van der Waals surface area contributed by atoms with E-state index in [2.05, 4.69) is 5.32 Å². The lowest BCUT2D eigenvalue weighted by molar-refractivity contribution is -0.120. The van der Waals surface area contributed by atoms with Gasteiger partial charge in [0.1, 0.15) is 11.4 Å². The molecule has 4 rings (SSSR count).